The van der Waals surface area contributed by atoms with Gasteiger partial charge in [0.2, 0.25) is 59.1 Å². The number of phenols is 1. The van der Waals surface area contributed by atoms with Crippen molar-refractivity contribution in [2.45, 2.75) is 113 Å². The normalized spacial score (nSPS) is 22.1. The molecule has 2 aliphatic heterocycles. The third-order valence-electron chi connectivity index (χ3n) is 11.4. The number of hydrogen-bond acceptors (Lipinski definition) is 14. The molecule has 26 heteroatoms. The maximum absolute atomic E-state index is 14.5. The summed E-state index contributed by atoms with van der Waals surface area (Å²) in [5.41, 5.74) is 22.8. The number of guanidine groups is 1. The third kappa shape index (κ3) is 19.3. The minimum Gasteiger partial charge on any atom is -0.508 e. The second-order valence-corrected chi connectivity index (χ2v) is 19.8. The predicted octanol–water partition coefficient (Wildman–Crippen LogP) is -2.81. The van der Waals surface area contributed by atoms with Crippen LogP contribution in [0.2, 0.25) is 0 Å². The van der Waals surface area contributed by atoms with Crippen molar-refractivity contribution in [3.8, 4) is 5.75 Å². The number of aliphatic imine (C=N–C) groups is 1. The number of benzene rings is 2. The summed E-state index contributed by atoms with van der Waals surface area (Å²) in [6.45, 7) is 1.42. The van der Waals surface area contributed by atoms with E-state index in [2.05, 4.69) is 42.2 Å². The van der Waals surface area contributed by atoms with Gasteiger partial charge in [-0.3, -0.25) is 52.9 Å². The first-order valence-corrected chi connectivity index (χ1v) is 25.9. The number of nitrogens with zero attached hydrogens (tertiary/aromatic N) is 2. The molecule has 0 saturated carbocycles. The fourth-order valence-electron chi connectivity index (χ4n) is 7.78. The molecule has 2 aromatic carbocycles. The van der Waals surface area contributed by atoms with Crippen molar-refractivity contribution in [3.05, 3.63) is 65.7 Å². The molecule has 72 heavy (non-hydrogen) atoms. The van der Waals surface area contributed by atoms with Crippen molar-refractivity contribution in [2.75, 3.05) is 31.1 Å². The molecule has 2 aromatic rings. The molecule has 0 aliphatic carbocycles. The van der Waals surface area contributed by atoms with E-state index >= 15 is 0 Å². The number of rotatable bonds is 18. The molecular formula is C46H65N13O11S2. The molecule has 4 rings (SSSR count). The molecule has 24 nitrogen and oxygen atoms in total. The number of likely N-dealkylation sites (tertiary alicyclic amines) is 1. The van der Waals surface area contributed by atoms with Crippen LogP contribution in [-0.4, -0.2) is 148 Å². The van der Waals surface area contributed by atoms with Crippen LogP contribution in [0.3, 0.4) is 0 Å². The van der Waals surface area contributed by atoms with Gasteiger partial charge >= 0.3 is 0 Å². The monoisotopic (exact) mass is 1040 g/mol. The predicted molar refractivity (Wildman–Crippen MR) is 269 cm³/mol. The molecule has 10 amide bonds. The lowest BCUT2D eigenvalue weighted by Gasteiger charge is -2.31. The Morgan fingerprint density at radius 1 is 0.778 bits per heavy atom. The summed E-state index contributed by atoms with van der Waals surface area (Å²) >= 11 is 0. The van der Waals surface area contributed by atoms with Crippen LogP contribution in [-0.2, 0) is 60.8 Å². The number of primary amides is 2. The Kier molecular flexibility index (Phi) is 23.4. The van der Waals surface area contributed by atoms with Gasteiger partial charge in [-0.05, 0) is 55.4 Å². The minimum absolute atomic E-state index is 0.0132. The Morgan fingerprint density at radius 3 is 2.03 bits per heavy atom. The highest BCUT2D eigenvalue weighted by Crippen LogP contribution is 2.26. The lowest BCUT2D eigenvalue weighted by Crippen LogP contribution is -2.61. The molecule has 0 spiro atoms. The smallest absolute Gasteiger partial charge is 0.246 e. The second kappa shape index (κ2) is 29.3. The SMILES string of the molecule is CCC[C@@H]1NC(=O)[C@H](Cc2ccccc2)NC(=O)[C@H](Cc2ccc(O)cc2)NC(=O)CCSSC[C@@H](C(=O)N2CCC[C@H]2C(=O)N[C@@H](CCCN=C(N)N)C(=O)NCC(N)=O)NC(=O)[C@H](CC(N)=O)NC1=O. The maximum atomic E-state index is 14.5. The zero-order chi connectivity index (χ0) is 52.7. The fourth-order valence-corrected chi connectivity index (χ4v) is 9.93. The Labute approximate surface area is 424 Å². The van der Waals surface area contributed by atoms with Crippen LogP contribution in [0.4, 0.5) is 0 Å². The van der Waals surface area contributed by atoms with Gasteiger partial charge in [0, 0.05) is 43.9 Å². The maximum Gasteiger partial charge on any atom is 0.246 e. The average Bonchev–Trinajstić information content (AvgIpc) is 3.83. The molecule has 2 fully saturated rings. The Bertz CT molecular complexity index is 2270. The van der Waals surface area contributed by atoms with Crippen LogP contribution in [0.5, 0.6) is 5.75 Å². The number of amides is 10. The van der Waals surface area contributed by atoms with Gasteiger partial charge in [-0.15, -0.1) is 0 Å². The van der Waals surface area contributed by atoms with E-state index in [0.29, 0.717) is 24.0 Å². The van der Waals surface area contributed by atoms with Crippen molar-refractivity contribution >= 4 is 86.6 Å². The van der Waals surface area contributed by atoms with E-state index in [0.717, 1.165) is 21.6 Å². The van der Waals surface area contributed by atoms with E-state index in [9.17, 15) is 53.1 Å². The highest BCUT2D eigenvalue weighted by Gasteiger charge is 2.40. The highest BCUT2D eigenvalue weighted by molar-refractivity contribution is 8.76. The molecule has 2 heterocycles. The van der Waals surface area contributed by atoms with Crippen LogP contribution in [0, 0.1) is 0 Å². The number of aromatic hydroxyl groups is 1. The van der Waals surface area contributed by atoms with Crippen LogP contribution in [0.25, 0.3) is 0 Å². The molecule has 0 aromatic heterocycles. The number of hydrogen-bond donors (Lipinski definition) is 12. The quantitative estimate of drug-likeness (QED) is 0.0311. The van der Waals surface area contributed by atoms with Gasteiger partial charge in [0.25, 0.3) is 0 Å². The number of nitrogens with one attached hydrogen (secondary N) is 7. The molecule has 0 bridgehead atoms. The molecule has 0 unspecified atom stereocenters. The zero-order valence-electron chi connectivity index (χ0n) is 39.9. The standard InChI is InChI=1S/C46H65N13O11S2/c1-2-8-29-40(65)57-33(23-36(47)61)43(68)58-34(45(70)59-19-7-12-35(59)44(69)55-30(11-6-18-51-46(49)50)39(64)52-24-37(48)62)25-72-71-20-17-38(63)53-31(22-27-13-15-28(60)16-14-27)41(66)56-32(42(67)54-29)21-26-9-4-3-5-10-26/h3-5,9-10,13-16,29-35,60H,2,6-8,11-12,17-25H2,1H3,(H2,47,61)(H2,48,62)(H,52,64)(H,53,63)(H,54,67)(H,55,69)(H,56,66)(H,57,65)(H,58,68)(H4,49,50,51)/t29-,30-,31-,32-,33-,34-,35-/m0/s1. The topological polar surface area (TPSA) is 395 Å². The van der Waals surface area contributed by atoms with Gasteiger partial charge < -0.3 is 70.2 Å². The zero-order valence-corrected chi connectivity index (χ0v) is 41.5. The molecule has 7 atom stereocenters. The molecule has 2 aliphatic rings. The summed E-state index contributed by atoms with van der Waals surface area (Å²) in [5.74, 6) is -8.02. The summed E-state index contributed by atoms with van der Waals surface area (Å²) < 4.78 is 0. The second-order valence-electron chi connectivity index (χ2n) is 17.1. The number of carbonyl (C=O) groups is 10. The van der Waals surface area contributed by atoms with Gasteiger partial charge in [0.1, 0.15) is 48.0 Å². The van der Waals surface area contributed by atoms with Crippen molar-refractivity contribution < 1.29 is 53.1 Å². The summed E-state index contributed by atoms with van der Waals surface area (Å²) in [6, 6.07) is 5.64. The summed E-state index contributed by atoms with van der Waals surface area (Å²) in [6.07, 6.45) is 0.322. The molecule has 16 N–H and O–H groups in total. The first kappa shape index (κ1) is 57.5. The van der Waals surface area contributed by atoms with Gasteiger partial charge in [0.15, 0.2) is 5.96 Å². The Balaban J connectivity index is 1.65. The van der Waals surface area contributed by atoms with Crippen LogP contribution < -0.4 is 60.2 Å². The van der Waals surface area contributed by atoms with Crippen molar-refractivity contribution in [1.29, 1.82) is 0 Å². The number of nitrogens with two attached hydrogens (primary N) is 4. The van der Waals surface area contributed by atoms with E-state index in [1.807, 2.05) is 0 Å². The van der Waals surface area contributed by atoms with E-state index < -0.39 is 114 Å². The number of carbonyl (C=O) groups excluding carboxylic acids is 10. The van der Waals surface area contributed by atoms with Gasteiger partial charge in [-0.25, -0.2) is 0 Å². The highest BCUT2D eigenvalue weighted by atomic mass is 33.1. The minimum atomic E-state index is -1.65. The third-order valence-corrected chi connectivity index (χ3v) is 13.8. The van der Waals surface area contributed by atoms with E-state index in [4.69, 9.17) is 22.9 Å². The Hall–Kier alpha value is -7.09. The summed E-state index contributed by atoms with van der Waals surface area (Å²) in [7, 11) is 2.26. The van der Waals surface area contributed by atoms with Gasteiger partial charge in [-0.1, -0.05) is 77.4 Å². The number of phenolic OH excluding ortho intramolecular Hbond substituents is 1. The Morgan fingerprint density at radius 2 is 1.39 bits per heavy atom. The molecule has 2 saturated heterocycles. The van der Waals surface area contributed by atoms with Crippen LogP contribution >= 0.6 is 21.6 Å². The fraction of sp³-hybridized carbons (Fsp3) is 0.500. The van der Waals surface area contributed by atoms with Gasteiger partial charge in [-0.2, -0.15) is 0 Å². The van der Waals surface area contributed by atoms with Crippen LogP contribution in [0.1, 0.15) is 69.4 Å². The molecule has 0 radical (unpaired) electrons. The van der Waals surface area contributed by atoms with E-state index in [-0.39, 0.29) is 81.3 Å². The first-order chi connectivity index (χ1) is 34.3. The first-order valence-electron chi connectivity index (χ1n) is 23.4. The average molecular weight is 1040 g/mol. The van der Waals surface area contributed by atoms with E-state index in [1.54, 1.807) is 49.4 Å². The lowest BCUT2D eigenvalue weighted by atomic mass is 10.0. The van der Waals surface area contributed by atoms with Crippen LogP contribution in [0.15, 0.2) is 59.6 Å². The van der Waals surface area contributed by atoms with Crippen molar-refractivity contribution in [3.63, 3.8) is 0 Å². The summed E-state index contributed by atoms with van der Waals surface area (Å²) in [5, 5.41) is 28.2. The molecular weight excluding hydrogens is 975 g/mol. The van der Waals surface area contributed by atoms with Gasteiger partial charge in [0.05, 0.1) is 13.0 Å². The summed E-state index contributed by atoms with van der Waals surface area (Å²) in [4.78, 5) is 141. The van der Waals surface area contributed by atoms with E-state index in [1.165, 1.54) is 17.0 Å². The molecule has 392 valence electrons. The van der Waals surface area contributed by atoms with Crippen molar-refractivity contribution in [1.82, 2.24) is 42.1 Å². The lowest BCUT2D eigenvalue weighted by molar-refractivity contribution is -0.142. The largest absolute Gasteiger partial charge is 0.508 e. The van der Waals surface area contributed by atoms with Crippen molar-refractivity contribution in [2.24, 2.45) is 27.9 Å².